The van der Waals surface area contributed by atoms with Crippen LogP contribution in [0.2, 0.25) is 0 Å². The predicted molar refractivity (Wildman–Crippen MR) is 152 cm³/mol. The normalized spacial score (nSPS) is 39.7. The van der Waals surface area contributed by atoms with Gasteiger partial charge < -0.3 is 4.74 Å². The summed E-state index contributed by atoms with van der Waals surface area (Å²) in [6.07, 6.45) is 21.4. The number of rotatable bonds is 11. The third-order valence-electron chi connectivity index (χ3n) is 12.8. The van der Waals surface area contributed by atoms with E-state index >= 15 is 0 Å². The van der Waals surface area contributed by atoms with Gasteiger partial charge in [-0.3, -0.25) is 4.79 Å². The number of esters is 1. The number of carbonyl (C=O) groups is 1. The van der Waals surface area contributed by atoms with Gasteiger partial charge in [0.25, 0.3) is 0 Å². The van der Waals surface area contributed by atoms with E-state index in [1.807, 2.05) is 0 Å². The molecule has 208 valence electrons. The number of unbranched alkanes of at least 4 members (excludes halogenated alkanes) is 1. The summed E-state index contributed by atoms with van der Waals surface area (Å²) in [6.45, 7) is 15.5. The monoisotopic (exact) mass is 500 g/mol. The van der Waals surface area contributed by atoms with Crippen LogP contribution in [0, 0.1) is 58.2 Å². The van der Waals surface area contributed by atoms with Gasteiger partial charge in [-0.25, -0.2) is 0 Å². The van der Waals surface area contributed by atoms with Crippen molar-refractivity contribution in [1.82, 2.24) is 0 Å². The molecule has 36 heavy (non-hydrogen) atoms. The minimum atomic E-state index is 0.00404. The van der Waals surface area contributed by atoms with Gasteiger partial charge in [-0.05, 0) is 129 Å². The fourth-order valence-electron chi connectivity index (χ4n) is 10.5. The summed E-state index contributed by atoms with van der Waals surface area (Å²) in [5, 5.41) is 0. The molecule has 2 nitrogen and oxygen atoms in total. The molecule has 0 spiro atoms. The molecule has 0 saturated heterocycles. The Labute approximate surface area is 224 Å². The van der Waals surface area contributed by atoms with E-state index in [1.165, 1.54) is 70.6 Å². The molecule has 4 aliphatic rings. The van der Waals surface area contributed by atoms with Crippen LogP contribution in [-0.2, 0) is 9.53 Å². The van der Waals surface area contributed by atoms with E-state index in [0.717, 1.165) is 54.8 Å². The van der Waals surface area contributed by atoms with Crippen molar-refractivity contribution in [2.75, 3.05) is 6.61 Å². The number of carbonyl (C=O) groups excluding carboxylic acids is 1. The van der Waals surface area contributed by atoms with Gasteiger partial charge in [0.2, 0.25) is 0 Å². The smallest absolute Gasteiger partial charge is 0.305 e. The fourth-order valence-corrected chi connectivity index (χ4v) is 10.5. The molecule has 0 bridgehead atoms. The molecule has 0 aliphatic heterocycles. The molecule has 9 atom stereocenters. The van der Waals surface area contributed by atoms with Crippen molar-refractivity contribution in [2.45, 2.75) is 144 Å². The molecule has 1 unspecified atom stereocenters. The Bertz CT molecular complexity index is 714. The van der Waals surface area contributed by atoms with Crippen molar-refractivity contribution in [3.63, 3.8) is 0 Å². The van der Waals surface area contributed by atoms with Crippen molar-refractivity contribution < 1.29 is 9.53 Å². The van der Waals surface area contributed by atoms with Crippen molar-refractivity contribution in [2.24, 2.45) is 58.2 Å². The third-order valence-corrected chi connectivity index (χ3v) is 12.8. The molecule has 2 heteroatoms. The van der Waals surface area contributed by atoms with Crippen LogP contribution in [0.3, 0.4) is 0 Å². The second-order valence-electron chi connectivity index (χ2n) is 14.8. The molecule has 0 N–H and O–H groups in total. The minimum Gasteiger partial charge on any atom is -0.466 e. The Balaban J connectivity index is 1.31. The van der Waals surface area contributed by atoms with Gasteiger partial charge in [-0.15, -0.1) is 0 Å². The number of ether oxygens (including phenoxy) is 1. The Hall–Kier alpha value is -0.530. The summed E-state index contributed by atoms with van der Waals surface area (Å²) >= 11 is 0. The Morgan fingerprint density at radius 1 is 0.861 bits per heavy atom. The molecule has 0 heterocycles. The SMILES string of the molecule is CCCCC(=O)OCC[C@H](CC[C@@H](C)[C@H]1CC[C@H]2[C@@H]3CCC4CCCC[C@]4(C)[C@H]3CC[C@]12C)C(C)C. The first kappa shape index (κ1) is 28.5. The summed E-state index contributed by atoms with van der Waals surface area (Å²) in [5.41, 5.74) is 1.25. The van der Waals surface area contributed by atoms with Gasteiger partial charge in [0.15, 0.2) is 0 Å². The molecule has 0 aromatic rings. The van der Waals surface area contributed by atoms with Crippen LogP contribution in [0.5, 0.6) is 0 Å². The van der Waals surface area contributed by atoms with E-state index in [4.69, 9.17) is 4.74 Å². The first-order valence-electron chi connectivity index (χ1n) is 16.4. The number of hydrogen-bond donors (Lipinski definition) is 0. The molecule has 0 radical (unpaired) electrons. The average Bonchev–Trinajstić information content (AvgIpc) is 3.21. The third kappa shape index (κ3) is 5.73. The van der Waals surface area contributed by atoms with Crippen molar-refractivity contribution in [1.29, 1.82) is 0 Å². The summed E-state index contributed by atoms with van der Waals surface area (Å²) in [6, 6.07) is 0. The lowest BCUT2D eigenvalue weighted by Gasteiger charge is -2.61. The molecule has 0 amide bonds. The van der Waals surface area contributed by atoms with Crippen molar-refractivity contribution in [3.8, 4) is 0 Å². The summed E-state index contributed by atoms with van der Waals surface area (Å²) in [7, 11) is 0. The topological polar surface area (TPSA) is 26.3 Å². The van der Waals surface area contributed by atoms with E-state index in [2.05, 4.69) is 41.5 Å². The van der Waals surface area contributed by atoms with Crippen LogP contribution in [0.25, 0.3) is 0 Å². The molecule has 4 saturated carbocycles. The highest BCUT2D eigenvalue weighted by Gasteiger charge is 2.60. The van der Waals surface area contributed by atoms with Crippen LogP contribution >= 0.6 is 0 Å². The van der Waals surface area contributed by atoms with Gasteiger partial charge >= 0.3 is 5.97 Å². The quantitative estimate of drug-likeness (QED) is 0.264. The highest BCUT2D eigenvalue weighted by molar-refractivity contribution is 5.69. The lowest BCUT2D eigenvalue weighted by Crippen LogP contribution is -2.53. The number of hydrogen-bond acceptors (Lipinski definition) is 2. The van der Waals surface area contributed by atoms with Crippen molar-refractivity contribution >= 4 is 5.97 Å². The number of fused-ring (bicyclic) bond motifs is 5. The summed E-state index contributed by atoms with van der Waals surface area (Å²) in [5.74, 6) is 7.16. The maximum atomic E-state index is 11.9. The zero-order valence-electron chi connectivity index (χ0n) is 25.0. The maximum absolute atomic E-state index is 11.9. The summed E-state index contributed by atoms with van der Waals surface area (Å²) in [4.78, 5) is 11.9. The van der Waals surface area contributed by atoms with Gasteiger partial charge in [0, 0.05) is 6.42 Å². The lowest BCUT2D eigenvalue weighted by atomic mass is 9.44. The average molecular weight is 501 g/mol. The molecule has 4 rings (SSSR count). The fraction of sp³-hybridized carbons (Fsp3) is 0.971. The van der Waals surface area contributed by atoms with Gasteiger partial charge in [-0.2, -0.15) is 0 Å². The molecule has 4 aliphatic carbocycles. The van der Waals surface area contributed by atoms with Crippen LogP contribution < -0.4 is 0 Å². The Morgan fingerprint density at radius 3 is 2.39 bits per heavy atom. The van der Waals surface area contributed by atoms with Crippen LogP contribution in [0.4, 0.5) is 0 Å². The van der Waals surface area contributed by atoms with Gasteiger partial charge in [-0.1, -0.05) is 67.2 Å². The van der Waals surface area contributed by atoms with Crippen LogP contribution in [0.1, 0.15) is 144 Å². The first-order chi connectivity index (χ1) is 17.2. The second-order valence-corrected chi connectivity index (χ2v) is 14.8. The van der Waals surface area contributed by atoms with E-state index in [9.17, 15) is 4.79 Å². The molecule has 0 aromatic carbocycles. The Morgan fingerprint density at radius 2 is 1.64 bits per heavy atom. The lowest BCUT2D eigenvalue weighted by molar-refractivity contribution is -0.144. The standard InChI is InChI=1S/C34H60O2/c1-7-8-12-32(35)36-23-20-26(24(2)3)14-13-25(4)29-17-18-30-28-16-15-27-11-9-10-21-33(27,5)31(28)19-22-34(29,30)6/h24-31H,7-23H2,1-6H3/t25-,26+,27?,28+,29-,30+,31+,33+,34-/m1/s1. The second kappa shape index (κ2) is 12.1. The van der Waals surface area contributed by atoms with Crippen LogP contribution in [-0.4, -0.2) is 12.6 Å². The Kier molecular flexibility index (Phi) is 9.58. The van der Waals surface area contributed by atoms with Gasteiger partial charge in [0.05, 0.1) is 6.61 Å². The predicted octanol–water partition coefficient (Wildman–Crippen LogP) is 9.85. The largest absolute Gasteiger partial charge is 0.466 e. The first-order valence-corrected chi connectivity index (χ1v) is 16.4. The highest BCUT2D eigenvalue weighted by Crippen LogP contribution is 2.68. The summed E-state index contributed by atoms with van der Waals surface area (Å²) < 4.78 is 5.58. The van der Waals surface area contributed by atoms with Crippen LogP contribution in [0.15, 0.2) is 0 Å². The van der Waals surface area contributed by atoms with E-state index < -0.39 is 0 Å². The zero-order valence-corrected chi connectivity index (χ0v) is 25.0. The highest BCUT2D eigenvalue weighted by atomic mass is 16.5. The molecular weight excluding hydrogens is 440 g/mol. The van der Waals surface area contributed by atoms with Gasteiger partial charge in [0.1, 0.15) is 0 Å². The van der Waals surface area contributed by atoms with E-state index in [1.54, 1.807) is 6.42 Å². The van der Waals surface area contributed by atoms with Crippen molar-refractivity contribution in [3.05, 3.63) is 0 Å². The molecular formula is C34H60O2. The molecule has 4 fully saturated rings. The molecule has 0 aromatic heterocycles. The zero-order chi connectivity index (χ0) is 25.9. The maximum Gasteiger partial charge on any atom is 0.305 e. The van der Waals surface area contributed by atoms with E-state index in [0.29, 0.717) is 35.7 Å². The van der Waals surface area contributed by atoms with E-state index in [-0.39, 0.29) is 5.97 Å². The minimum absolute atomic E-state index is 0.00404.